The van der Waals surface area contributed by atoms with Gasteiger partial charge < -0.3 is 9.47 Å². The van der Waals surface area contributed by atoms with Crippen molar-refractivity contribution in [2.24, 2.45) is 0 Å². The van der Waals surface area contributed by atoms with Crippen LogP contribution in [0.15, 0.2) is 18.2 Å². The number of rotatable bonds is 4. The Hall–Kier alpha value is -1.64. The molecule has 0 aliphatic heterocycles. The number of alkyl halides is 3. The van der Waals surface area contributed by atoms with E-state index >= 15 is 0 Å². The highest BCUT2D eigenvalue weighted by Crippen LogP contribution is 2.33. The average molecular weight is 285 g/mol. The van der Waals surface area contributed by atoms with Crippen molar-refractivity contribution < 1.29 is 31.1 Å². The zero-order chi connectivity index (χ0) is 14.0. The van der Waals surface area contributed by atoms with Gasteiger partial charge in [0.05, 0.1) is 19.9 Å². The van der Waals surface area contributed by atoms with Crippen molar-refractivity contribution >= 4 is 15.7 Å². The second kappa shape index (κ2) is 4.92. The number of sulfonamides is 1. The highest BCUT2D eigenvalue weighted by molar-refractivity contribution is 7.93. The van der Waals surface area contributed by atoms with Crippen LogP contribution in [0.2, 0.25) is 0 Å². The molecule has 102 valence electrons. The van der Waals surface area contributed by atoms with E-state index in [0.717, 1.165) is 6.07 Å². The van der Waals surface area contributed by atoms with Gasteiger partial charge in [0.2, 0.25) is 0 Å². The van der Waals surface area contributed by atoms with Crippen molar-refractivity contribution in [2.45, 2.75) is 5.51 Å². The molecule has 0 aliphatic carbocycles. The highest BCUT2D eigenvalue weighted by atomic mass is 32.2. The maximum absolute atomic E-state index is 12.2. The Morgan fingerprint density at radius 3 is 2.22 bits per heavy atom. The molecule has 0 heterocycles. The summed E-state index contributed by atoms with van der Waals surface area (Å²) in [6, 6.07) is 3.79. The highest BCUT2D eigenvalue weighted by Gasteiger charge is 2.46. The minimum Gasteiger partial charge on any atom is -0.497 e. The van der Waals surface area contributed by atoms with E-state index in [1.807, 2.05) is 0 Å². The van der Waals surface area contributed by atoms with Crippen LogP contribution in [0.4, 0.5) is 18.9 Å². The third-order valence-electron chi connectivity index (χ3n) is 1.96. The molecule has 0 radical (unpaired) electrons. The predicted octanol–water partition coefficient (Wildman–Crippen LogP) is 1.97. The first-order valence-corrected chi connectivity index (χ1v) is 6.00. The van der Waals surface area contributed by atoms with E-state index in [9.17, 15) is 21.6 Å². The first kappa shape index (κ1) is 14.4. The lowest BCUT2D eigenvalue weighted by Crippen LogP contribution is -2.30. The fraction of sp³-hybridized carbons (Fsp3) is 0.333. The number of ether oxygens (including phenoxy) is 2. The van der Waals surface area contributed by atoms with Gasteiger partial charge >= 0.3 is 15.5 Å². The molecule has 1 aromatic rings. The maximum Gasteiger partial charge on any atom is 0.516 e. The van der Waals surface area contributed by atoms with E-state index in [2.05, 4.69) is 0 Å². The minimum atomic E-state index is -5.49. The first-order valence-electron chi connectivity index (χ1n) is 4.52. The number of nitrogens with one attached hydrogen (secondary N) is 1. The molecular formula is C9H10F3NO4S. The molecule has 1 N–H and O–H groups in total. The molecule has 0 fully saturated rings. The van der Waals surface area contributed by atoms with Gasteiger partial charge in [-0.15, -0.1) is 0 Å². The fourth-order valence-corrected chi connectivity index (χ4v) is 1.66. The Morgan fingerprint density at radius 2 is 1.78 bits per heavy atom. The van der Waals surface area contributed by atoms with Crippen LogP contribution in [0.1, 0.15) is 0 Å². The number of anilines is 1. The number of methoxy groups -OCH3 is 2. The molecule has 1 rings (SSSR count). The molecule has 0 atom stereocenters. The van der Waals surface area contributed by atoms with Crippen LogP contribution in [0.5, 0.6) is 11.5 Å². The van der Waals surface area contributed by atoms with Gasteiger partial charge in [0.15, 0.2) is 0 Å². The topological polar surface area (TPSA) is 64.6 Å². The van der Waals surface area contributed by atoms with Crippen LogP contribution in [-0.2, 0) is 10.0 Å². The second-order valence-corrected chi connectivity index (χ2v) is 4.79. The fourth-order valence-electron chi connectivity index (χ4n) is 1.10. The summed E-state index contributed by atoms with van der Waals surface area (Å²) < 4.78 is 69.5. The zero-order valence-corrected chi connectivity index (χ0v) is 10.2. The average Bonchev–Trinajstić information content (AvgIpc) is 2.26. The summed E-state index contributed by atoms with van der Waals surface area (Å²) in [5, 5.41) is 0. The van der Waals surface area contributed by atoms with Crippen LogP contribution in [0.25, 0.3) is 0 Å². The van der Waals surface area contributed by atoms with Crippen molar-refractivity contribution in [1.82, 2.24) is 0 Å². The summed E-state index contributed by atoms with van der Waals surface area (Å²) in [6.07, 6.45) is 0. The smallest absolute Gasteiger partial charge is 0.497 e. The molecule has 0 saturated heterocycles. The molecule has 0 saturated carbocycles. The van der Waals surface area contributed by atoms with Crippen molar-refractivity contribution in [1.29, 1.82) is 0 Å². The molecule has 18 heavy (non-hydrogen) atoms. The van der Waals surface area contributed by atoms with Crippen molar-refractivity contribution in [3.05, 3.63) is 18.2 Å². The van der Waals surface area contributed by atoms with Crippen molar-refractivity contribution in [3.8, 4) is 11.5 Å². The van der Waals surface area contributed by atoms with Crippen molar-refractivity contribution in [2.75, 3.05) is 18.9 Å². The van der Waals surface area contributed by atoms with E-state index in [4.69, 9.17) is 9.47 Å². The first-order chi connectivity index (χ1) is 8.21. The van der Waals surface area contributed by atoms with Crippen LogP contribution in [0, 0.1) is 0 Å². The normalized spacial score (nSPS) is 12.1. The van der Waals surface area contributed by atoms with Gasteiger partial charge in [-0.05, 0) is 12.1 Å². The van der Waals surface area contributed by atoms with Gasteiger partial charge in [-0.2, -0.15) is 21.6 Å². The lowest BCUT2D eigenvalue weighted by Gasteiger charge is -2.14. The SMILES string of the molecule is COc1ccc(OC)c(NS(=O)(=O)C(F)(F)F)c1. The Kier molecular flexibility index (Phi) is 3.95. The summed E-state index contributed by atoms with van der Waals surface area (Å²) in [4.78, 5) is 0. The van der Waals surface area contributed by atoms with Gasteiger partial charge in [0.25, 0.3) is 0 Å². The van der Waals surface area contributed by atoms with Crippen LogP contribution in [-0.4, -0.2) is 28.1 Å². The molecular weight excluding hydrogens is 275 g/mol. The summed E-state index contributed by atoms with van der Waals surface area (Å²) in [6.45, 7) is 0. The molecule has 1 aromatic carbocycles. The standard InChI is InChI=1S/C9H10F3NO4S/c1-16-6-3-4-8(17-2)7(5-6)13-18(14,15)9(10,11)12/h3-5,13H,1-2H3. The van der Waals surface area contributed by atoms with E-state index in [1.54, 1.807) is 0 Å². The van der Waals surface area contributed by atoms with E-state index in [1.165, 1.54) is 31.1 Å². The molecule has 0 unspecified atom stereocenters. The minimum absolute atomic E-state index is 0.0522. The van der Waals surface area contributed by atoms with E-state index in [-0.39, 0.29) is 17.2 Å². The summed E-state index contributed by atoms with van der Waals surface area (Å²) in [7, 11) is -3.00. The Bertz CT molecular complexity index is 527. The Balaban J connectivity index is 3.18. The largest absolute Gasteiger partial charge is 0.516 e. The van der Waals surface area contributed by atoms with Crippen LogP contribution in [0.3, 0.4) is 0 Å². The number of hydrogen-bond acceptors (Lipinski definition) is 4. The monoisotopic (exact) mass is 285 g/mol. The predicted molar refractivity (Wildman–Crippen MR) is 58.1 cm³/mol. The van der Waals surface area contributed by atoms with Crippen LogP contribution >= 0.6 is 0 Å². The zero-order valence-electron chi connectivity index (χ0n) is 9.41. The molecule has 0 aliphatic rings. The quantitative estimate of drug-likeness (QED) is 0.918. The van der Waals surface area contributed by atoms with Gasteiger partial charge in [-0.25, -0.2) is 0 Å². The molecule has 0 amide bonds. The van der Waals surface area contributed by atoms with Gasteiger partial charge in [0.1, 0.15) is 11.5 Å². The molecule has 0 bridgehead atoms. The third kappa shape index (κ3) is 2.97. The maximum atomic E-state index is 12.2. The molecule has 9 heteroatoms. The Labute approximate surface area is 102 Å². The lowest BCUT2D eigenvalue weighted by molar-refractivity contribution is -0.0429. The summed E-state index contributed by atoms with van der Waals surface area (Å²) in [5.41, 5.74) is -5.75. The summed E-state index contributed by atoms with van der Waals surface area (Å²) >= 11 is 0. The second-order valence-electron chi connectivity index (χ2n) is 3.12. The van der Waals surface area contributed by atoms with E-state index < -0.39 is 15.5 Å². The number of hydrogen-bond donors (Lipinski definition) is 1. The third-order valence-corrected chi connectivity index (χ3v) is 3.05. The van der Waals surface area contributed by atoms with Crippen molar-refractivity contribution in [3.63, 3.8) is 0 Å². The van der Waals surface area contributed by atoms with Gasteiger partial charge in [-0.3, -0.25) is 4.72 Å². The molecule has 0 spiro atoms. The summed E-state index contributed by atoms with van der Waals surface area (Å²) in [5.74, 6) is 0.138. The lowest BCUT2D eigenvalue weighted by atomic mass is 10.3. The van der Waals surface area contributed by atoms with E-state index in [0.29, 0.717) is 0 Å². The molecule has 5 nitrogen and oxygen atoms in total. The number of benzene rings is 1. The molecule has 0 aromatic heterocycles. The van der Waals surface area contributed by atoms with Gasteiger partial charge in [0, 0.05) is 6.07 Å². The number of halogens is 3. The van der Waals surface area contributed by atoms with Crippen LogP contribution < -0.4 is 14.2 Å². The Morgan fingerprint density at radius 1 is 1.17 bits per heavy atom. The van der Waals surface area contributed by atoms with Gasteiger partial charge in [-0.1, -0.05) is 0 Å².